The summed E-state index contributed by atoms with van der Waals surface area (Å²) in [6, 6.07) is 71.7. The summed E-state index contributed by atoms with van der Waals surface area (Å²) in [7, 11) is 0. The van der Waals surface area contributed by atoms with Gasteiger partial charge in [-0.3, -0.25) is 9.59 Å². The zero-order valence-corrected chi connectivity index (χ0v) is 29.6. The first-order valence-corrected chi connectivity index (χ1v) is 18.1. The third kappa shape index (κ3) is 7.27. The molecule has 0 saturated carbocycles. The average molecular weight is 693 g/mol. The van der Waals surface area contributed by atoms with Gasteiger partial charge >= 0.3 is 0 Å². The highest BCUT2D eigenvalue weighted by Gasteiger charge is 2.26. The molecule has 2 nitrogen and oxygen atoms in total. The fraction of sp³-hybridized carbons (Fsp3) is 0. The molecule has 0 amide bonds. The van der Waals surface area contributed by atoms with Crippen molar-refractivity contribution in [2.24, 2.45) is 0 Å². The van der Waals surface area contributed by atoms with Gasteiger partial charge in [0, 0.05) is 22.3 Å². The van der Waals surface area contributed by atoms with Crippen LogP contribution in [0.25, 0.3) is 55.7 Å². The first-order valence-electron chi connectivity index (χ1n) is 18.1. The summed E-state index contributed by atoms with van der Waals surface area (Å²) in [5, 5.41) is 0. The Kier molecular flexibility index (Phi) is 9.82. The minimum Gasteiger partial charge on any atom is -0.289 e. The molecule has 8 aromatic carbocycles. The van der Waals surface area contributed by atoms with E-state index in [0.29, 0.717) is 33.4 Å². The molecule has 0 aliphatic heterocycles. The summed E-state index contributed by atoms with van der Waals surface area (Å²) in [5.41, 5.74) is 11.4. The van der Waals surface area contributed by atoms with Crippen molar-refractivity contribution in [1.82, 2.24) is 0 Å². The number of Topliss-reactive ketones (excluding diaryl/α,β-unsaturated/α-hetero) is 2. The van der Waals surface area contributed by atoms with Crippen LogP contribution in [0.3, 0.4) is 0 Å². The molecular weight excluding hydrogens is 657 g/mol. The number of hydrogen-bond donors (Lipinski definition) is 0. The lowest BCUT2D eigenvalue weighted by Gasteiger charge is -2.17. The molecule has 0 fully saturated rings. The van der Waals surface area contributed by atoms with Gasteiger partial charge in [0.15, 0.2) is 11.6 Å². The van der Waals surface area contributed by atoms with Crippen LogP contribution in [0, 0.1) is 0 Å². The van der Waals surface area contributed by atoms with Gasteiger partial charge < -0.3 is 0 Å². The van der Waals surface area contributed by atoms with Crippen molar-refractivity contribution in [1.29, 1.82) is 0 Å². The van der Waals surface area contributed by atoms with E-state index in [0.717, 1.165) is 44.5 Å². The fourth-order valence-corrected chi connectivity index (χ4v) is 6.88. The molecule has 256 valence electrons. The highest BCUT2D eigenvalue weighted by molar-refractivity contribution is 6.46. The Morgan fingerprint density at radius 1 is 0.204 bits per heavy atom. The second-order valence-corrected chi connectivity index (χ2v) is 13.2. The van der Waals surface area contributed by atoms with E-state index in [1.165, 1.54) is 0 Å². The Morgan fingerprint density at radius 3 is 0.611 bits per heavy atom. The molecule has 8 aromatic rings. The molecule has 0 aromatic heterocycles. The van der Waals surface area contributed by atoms with Crippen LogP contribution in [0.4, 0.5) is 0 Å². The zero-order valence-electron chi connectivity index (χ0n) is 29.6. The minimum absolute atomic E-state index is 0.224. The van der Waals surface area contributed by atoms with Crippen LogP contribution in [-0.2, 0) is 0 Å². The lowest BCUT2D eigenvalue weighted by molar-refractivity contribution is 0.103. The molecule has 0 unspecified atom stereocenters. The molecular formula is C52H36O2. The summed E-state index contributed by atoms with van der Waals surface area (Å²) in [6.07, 6.45) is 0. The topological polar surface area (TPSA) is 34.1 Å². The number of rotatable bonds is 10. The zero-order chi connectivity index (χ0) is 36.7. The quantitative estimate of drug-likeness (QED) is 0.0812. The Labute approximate surface area is 316 Å². The number of carbonyl (C=O) groups excluding carboxylic acids is 2. The normalized spacial score (nSPS) is 11.4. The van der Waals surface area contributed by atoms with Gasteiger partial charge in [-0.25, -0.2) is 0 Å². The summed E-state index contributed by atoms with van der Waals surface area (Å²) >= 11 is 0. The Bertz CT molecular complexity index is 2350. The SMILES string of the molecule is O=C(/C(=C(\C(=O)c1ccc(-c2ccccc2)cc1)c1ccc(-c2ccccc2)cc1)c1ccc(-c2ccccc2)cc1)c1ccc(-c2ccccc2)cc1. The van der Waals surface area contributed by atoms with Gasteiger partial charge in [0.2, 0.25) is 0 Å². The van der Waals surface area contributed by atoms with Crippen molar-refractivity contribution in [2.45, 2.75) is 0 Å². The lowest BCUT2D eigenvalue weighted by atomic mass is 9.84. The van der Waals surface area contributed by atoms with Gasteiger partial charge in [-0.05, 0) is 55.6 Å². The van der Waals surface area contributed by atoms with Crippen LogP contribution in [0.5, 0.6) is 0 Å². The monoisotopic (exact) mass is 692 g/mol. The third-order valence-corrected chi connectivity index (χ3v) is 9.77. The average Bonchev–Trinajstić information content (AvgIpc) is 3.26. The van der Waals surface area contributed by atoms with E-state index < -0.39 is 0 Å². The van der Waals surface area contributed by atoms with Gasteiger partial charge in [0.05, 0.1) is 0 Å². The van der Waals surface area contributed by atoms with Crippen molar-refractivity contribution in [3.8, 4) is 44.5 Å². The molecule has 0 heterocycles. The Balaban J connectivity index is 1.30. The van der Waals surface area contributed by atoms with Crippen LogP contribution >= 0.6 is 0 Å². The van der Waals surface area contributed by atoms with Gasteiger partial charge in [0.1, 0.15) is 0 Å². The molecule has 0 N–H and O–H groups in total. The van der Waals surface area contributed by atoms with Crippen LogP contribution in [0.15, 0.2) is 218 Å². The minimum atomic E-state index is -0.224. The van der Waals surface area contributed by atoms with E-state index >= 15 is 9.59 Å². The number of hydrogen-bond acceptors (Lipinski definition) is 2. The molecule has 0 atom stereocenters. The van der Waals surface area contributed by atoms with E-state index in [1.807, 2.05) is 170 Å². The molecule has 0 spiro atoms. The molecule has 0 aliphatic rings. The summed E-state index contributed by atoms with van der Waals surface area (Å²) in [4.78, 5) is 30.0. The van der Waals surface area contributed by atoms with Gasteiger partial charge in [-0.1, -0.05) is 218 Å². The predicted molar refractivity (Wildman–Crippen MR) is 223 cm³/mol. The standard InChI is InChI=1S/C52H36O2/c53-51(47-33-25-43(26-34-47)39-17-9-3-10-18-39)49(45-29-21-41(22-30-45)37-13-5-1-6-14-37)50(46-31-23-42(24-32-46)38-15-7-2-8-16-38)52(54)48-35-27-44(28-36-48)40-19-11-4-12-20-40/h1-36H/b50-49-. The summed E-state index contributed by atoms with van der Waals surface area (Å²) in [5.74, 6) is -0.447. The fourth-order valence-electron chi connectivity index (χ4n) is 6.88. The van der Waals surface area contributed by atoms with Crippen molar-refractivity contribution < 1.29 is 9.59 Å². The first-order chi connectivity index (χ1) is 26.6. The second-order valence-electron chi connectivity index (χ2n) is 13.2. The Hall–Kier alpha value is -7.16. The summed E-state index contributed by atoms with van der Waals surface area (Å²) < 4.78 is 0. The van der Waals surface area contributed by atoms with Gasteiger partial charge in [-0.15, -0.1) is 0 Å². The maximum absolute atomic E-state index is 15.0. The smallest absolute Gasteiger partial charge is 0.194 e. The predicted octanol–water partition coefficient (Wildman–Crippen LogP) is 13.0. The largest absolute Gasteiger partial charge is 0.289 e. The number of benzene rings is 8. The van der Waals surface area contributed by atoms with Crippen molar-refractivity contribution >= 4 is 22.7 Å². The van der Waals surface area contributed by atoms with Crippen LogP contribution in [0.2, 0.25) is 0 Å². The molecule has 0 aliphatic carbocycles. The third-order valence-electron chi connectivity index (χ3n) is 9.77. The Morgan fingerprint density at radius 2 is 0.389 bits per heavy atom. The maximum Gasteiger partial charge on any atom is 0.194 e. The van der Waals surface area contributed by atoms with Gasteiger partial charge in [-0.2, -0.15) is 0 Å². The van der Waals surface area contributed by atoms with E-state index in [1.54, 1.807) is 0 Å². The van der Waals surface area contributed by atoms with Crippen LogP contribution < -0.4 is 0 Å². The maximum atomic E-state index is 15.0. The van der Waals surface area contributed by atoms with Crippen LogP contribution in [0.1, 0.15) is 31.8 Å². The first kappa shape index (κ1) is 34.0. The highest BCUT2D eigenvalue weighted by Crippen LogP contribution is 2.36. The van der Waals surface area contributed by atoms with Crippen LogP contribution in [-0.4, -0.2) is 11.6 Å². The molecule has 8 rings (SSSR count). The molecule has 0 bridgehead atoms. The molecule has 54 heavy (non-hydrogen) atoms. The van der Waals surface area contributed by atoms with Crippen molar-refractivity contribution in [2.75, 3.05) is 0 Å². The second kappa shape index (κ2) is 15.6. The number of ketones is 2. The summed E-state index contributed by atoms with van der Waals surface area (Å²) in [6.45, 7) is 0. The van der Waals surface area contributed by atoms with E-state index in [4.69, 9.17) is 0 Å². The van der Waals surface area contributed by atoms with E-state index in [9.17, 15) is 0 Å². The number of allylic oxidation sites excluding steroid dienone is 2. The molecule has 0 radical (unpaired) electrons. The molecule has 0 saturated heterocycles. The molecule has 2 heteroatoms. The highest BCUT2D eigenvalue weighted by atomic mass is 16.1. The van der Waals surface area contributed by atoms with Gasteiger partial charge in [0.25, 0.3) is 0 Å². The van der Waals surface area contributed by atoms with E-state index in [2.05, 4.69) is 48.5 Å². The number of carbonyl (C=O) groups is 2. The van der Waals surface area contributed by atoms with Crippen molar-refractivity contribution in [3.63, 3.8) is 0 Å². The van der Waals surface area contributed by atoms with Crippen molar-refractivity contribution in [3.05, 3.63) is 241 Å². The van der Waals surface area contributed by atoms with E-state index in [-0.39, 0.29) is 11.6 Å². The lowest BCUT2D eigenvalue weighted by Crippen LogP contribution is -2.12.